The predicted molar refractivity (Wildman–Crippen MR) is 559 cm³/mol. The average molecular weight is 2200 g/mol. The van der Waals surface area contributed by atoms with Gasteiger partial charge in [0.1, 0.15) is 113 Å². The third-order valence-electron chi connectivity index (χ3n) is 23.0. The Morgan fingerprint density at radius 2 is 0.646 bits per heavy atom. The molecule has 7 unspecified atom stereocenters. The summed E-state index contributed by atoms with van der Waals surface area (Å²) in [6.45, 7) is 25.3. The van der Waals surface area contributed by atoms with Crippen LogP contribution >= 0.6 is 26.6 Å². The van der Waals surface area contributed by atoms with Gasteiger partial charge in [-0.05, 0) is 245 Å². The maximum Gasteiger partial charge on any atom is 0.323 e. The molecule has 12 N–H and O–H groups in total. The van der Waals surface area contributed by atoms with Gasteiger partial charge in [0.15, 0.2) is 24.9 Å². The summed E-state index contributed by atoms with van der Waals surface area (Å²) >= 11 is 22.9. The lowest BCUT2D eigenvalue weighted by atomic mass is 9.95. The highest BCUT2D eigenvalue weighted by Gasteiger charge is 2.60. The molecule has 0 aromatic heterocycles. The van der Waals surface area contributed by atoms with Crippen molar-refractivity contribution < 1.29 is 153 Å². The summed E-state index contributed by atoms with van der Waals surface area (Å²) in [7, 11) is 0. The molecule has 48 heteroatoms. The van der Waals surface area contributed by atoms with E-state index in [-0.39, 0.29) is 113 Å². The third kappa shape index (κ3) is 34.8. The predicted octanol–water partition coefficient (Wildman–Crippen LogP) is 10.7. The van der Waals surface area contributed by atoms with E-state index in [4.69, 9.17) is 121 Å². The van der Waals surface area contributed by atoms with Crippen LogP contribution in [0.4, 0.5) is 0 Å². The van der Waals surface area contributed by atoms with Gasteiger partial charge in [0.2, 0.25) is 23.6 Å². The van der Waals surface area contributed by atoms with Crippen molar-refractivity contribution in [3.63, 3.8) is 0 Å². The van der Waals surface area contributed by atoms with Crippen molar-refractivity contribution in [2.75, 3.05) is 33.0 Å². The second-order valence-electron chi connectivity index (χ2n) is 37.6. The molecule has 0 saturated carbocycles. The van der Waals surface area contributed by atoms with E-state index >= 15 is 0 Å². The largest absolute Gasteiger partial charge is 0.463 e. The fraction of sp³-hybridized carbons (Fsp3) is 0.515. The number of carbonyl (C=O) groups excluding carboxylic acids is 8. The molecule has 23 atom stereocenters. The van der Waals surface area contributed by atoms with E-state index in [1.807, 2.05) is 25.1 Å². The quantitative estimate of drug-likeness (QED) is 0.0111. The summed E-state index contributed by atoms with van der Waals surface area (Å²) in [5.41, 5.74) is -4.64. The molecular formula is C99H138N8O32P4S4. The van der Waals surface area contributed by atoms with Crippen LogP contribution in [0, 0.1) is 0 Å². The Morgan fingerprint density at radius 3 is 0.912 bits per heavy atom. The molecule has 4 aromatic rings. The first kappa shape index (κ1) is 122. The number of allylic oxidation sites excluding steroid dienone is 4. The third-order valence-corrected chi connectivity index (χ3v) is 32.8. The van der Waals surface area contributed by atoms with Crippen molar-refractivity contribution in [1.82, 2.24) is 39.9 Å². The molecular weight excluding hydrogens is 2070 g/mol. The number of rotatable bonds is 44. The number of hydrogen-bond acceptors (Lipinski definition) is 36. The number of amides is 4. The van der Waals surface area contributed by atoms with E-state index in [1.54, 1.807) is 197 Å². The van der Waals surface area contributed by atoms with Crippen LogP contribution in [0.1, 0.15) is 155 Å². The second-order valence-corrected chi connectivity index (χ2v) is 50.2. The van der Waals surface area contributed by atoms with Gasteiger partial charge >= 0.3 is 50.4 Å². The zero-order valence-electron chi connectivity index (χ0n) is 84.7. The van der Waals surface area contributed by atoms with Gasteiger partial charge in [-0.25, -0.2) is 20.3 Å². The zero-order chi connectivity index (χ0) is 109. The number of aliphatic hydroxyl groups is 8. The van der Waals surface area contributed by atoms with E-state index in [1.165, 1.54) is 72.1 Å². The highest BCUT2D eigenvalue weighted by atomic mass is 32.5. The first-order valence-electron chi connectivity index (χ1n) is 47.7. The Kier molecular flexibility index (Phi) is 45.0. The van der Waals surface area contributed by atoms with E-state index in [9.17, 15) is 79.2 Å². The highest BCUT2D eigenvalue weighted by molar-refractivity contribution is 8.10. The van der Waals surface area contributed by atoms with Gasteiger partial charge < -0.3 is 115 Å². The van der Waals surface area contributed by atoms with Crippen molar-refractivity contribution in [3.05, 3.63) is 219 Å². The summed E-state index contributed by atoms with van der Waals surface area (Å²) in [6, 6.07) is 33.0. The molecule has 4 amide bonds. The van der Waals surface area contributed by atoms with Gasteiger partial charge in [-0.1, -0.05) is 119 Å². The molecule has 0 bridgehead atoms. The fourth-order valence-electron chi connectivity index (χ4n) is 15.5. The molecule has 0 aliphatic carbocycles. The molecule has 147 heavy (non-hydrogen) atoms. The van der Waals surface area contributed by atoms with Crippen LogP contribution in [0.5, 0.6) is 23.0 Å². The number of nitrogens with one attached hydrogen (secondary N) is 4. The minimum atomic E-state index is -3.41. The maximum atomic E-state index is 12.8. The summed E-state index contributed by atoms with van der Waals surface area (Å²) in [4.78, 5) is 105. The molecule has 0 radical (unpaired) electrons. The molecule has 40 nitrogen and oxygen atoms in total. The molecule has 4 saturated heterocycles. The normalized spacial score (nSPS) is 28.2. The molecule has 4 fully saturated rings. The topological polar surface area (TPSA) is 507 Å². The van der Waals surface area contributed by atoms with E-state index in [0.29, 0.717) is 64.6 Å². The molecule has 8 aliphatic heterocycles. The second kappa shape index (κ2) is 54.2. The molecule has 8 aliphatic rings. The Morgan fingerprint density at radius 1 is 0.395 bits per heavy atom. The van der Waals surface area contributed by atoms with Crippen LogP contribution in [-0.4, -0.2) is 280 Å². The number of nitrogens with zero attached hydrogens (tertiary/aromatic N) is 4. The smallest absolute Gasteiger partial charge is 0.323 e. The SMILES string of the molecule is C=C1C=CN([C@@H]2O[C@H](COP(=S)(NC(C)CC(=O)OC(C)C)Oc3ccccc3)[C@@H](O)[C@@]2(C)O)C(=O)C1.C=C1C=CN([C@@H]2O[C@H](COP(=S)(NC(CC)C(=O)OC(C)C)Oc3ccccc3)[C@@H](O)[C@@]2(C)O)C(=O)C1.C=C1C=CN([C@@H]2O[C@H](COP(=S)(NC(CCC)C(=O)OC(C)C)Oc3ccccc3)[C@@H](O)[C@@]2(C)O)C(=O)C1.C=C1C=CN([C@@H]2O[C@H](COP(=S)(NCC(=O)OC(C)C)Oc3ccccc3)[C@@H](O)[C@@]2(C)O)C(=O)C1. The van der Waals surface area contributed by atoms with Gasteiger partial charge in [0.25, 0.3) is 0 Å². The van der Waals surface area contributed by atoms with Gasteiger partial charge in [-0.2, -0.15) is 0 Å². The lowest BCUT2D eigenvalue weighted by molar-refractivity contribution is -0.156. The average Bonchev–Trinajstić information content (AvgIpc) is 1.63. The minimum absolute atomic E-state index is 0.0338. The molecule has 8 heterocycles. The Hall–Kier alpha value is -8.44. The number of esters is 4. The molecule has 12 rings (SSSR count). The minimum Gasteiger partial charge on any atom is -0.463 e. The van der Waals surface area contributed by atoms with Gasteiger partial charge in [0.05, 0.1) is 82.9 Å². The Bertz CT molecular complexity index is 5560. The van der Waals surface area contributed by atoms with Crippen molar-refractivity contribution in [2.24, 2.45) is 0 Å². The lowest BCUT2D eigenvalue weighted by Crippen LogP contribution is -2.53. The number of carbonyl (C=O) groups is 8. The highest BCUT2D eigenvalue weighted by Crippen LogP contribution is 2.52. The number of para-hydroxylation sites is 4. The Labute approximate surface area is 878 Å². The summed E-state index contributed by atoms with van der Waals surface area (Å²) in [6.07, 6.45) is -1.24. The van der Waals surface area contributed by atoms with Crippen LogP contribution in [0.25, 0.3) is 0 Å². The molecule has 810 valence electrons. The van der Waals surface area contributed by atoms with Crippen LogP contribution in [-0.2, 0) is 142 Å². The van der Waals surface area contributed by atoms with Gasteiger partial charge in [-0.3, -0.25) is 58.0 Å². The molecule has 4 aromatic carbocycles. The van der Waals surface area contributed by atoms with Crippen molar-refractivity contribution >= 4 is 121 Å². The summed E-state index contributed by atoms with van der Waals surface area (Å²) < 4.78 is 92.5. The van der Waals surface area contributed by atoms with Crippen LogP contribution in [0.15, 0.2) is 219 Å². The number of benzene rings is 4. The standard InChI is InChI=1S/C26H37N2O8PS.2C25H35N2O8PS.C23H31N2O8PS/c1-6-10-20(24(31)34-17(2)3)27-37(38,36-19-11-8-7-9-12-19)33-16-21-23(30)26(5,32)25(35-21)28-14-13-18(4)15-22(28)29;1-16(2)33-22(29)14-18(4)26-36(37,35-19-9-7-6-8-10-19)32-15-20-23(30)25(5,31)24(34-20)27-12-11-17(3)13-21(27)28;1-6-19(23(30)33-16(2)3)26-36(37,35-18-10-8-7-9-11-18)32-15-20-22(29)25(5,31)24(34-20)27-13-12-17(4)14-21(27)28;1-15(2)31-20(27)13-24-34(35,33-17-8-6-5-7-9-17)30-14-18-21(28)23(4,29)22(32-18)25-11-10-16(3)12-19(25)26/h7-9,11-14,17,20-21,23,25,30,32H,4,6,10,15-16H2,1-3,5H3,(H,27,38);6-12,16,18,20,23-24,30-31H,3,13-15H2,1-2,4-5H3,(H,26,37);7-13,16,19-20,22,24,29,31H,4,6,14-15H2,1-3,5H3,(H,26,37);5-11,15,18,21-22,28-29H,3,12-14H2,1-2,4H3,(H,24,35)/t20?,21-,23-,25-,26-,37?;18?,20-,23-,24-,25-,36?;19?,20-,22-,24-,25-,36?;18-,21-,22-,23-,34?/m1111/s1. The van der Waals surface area contributed by atoms with E-state index in [2.05, 4.69) is 46.7 Å². The Balaban J connectivity index is 0.000000218. The van der Waals surface area contributed by atoms with Crippen LogP contribution in [0.3, 0.4) is 0 Å². The van der Waals surface area contributed by atoms with Crippen LogP contribution < -0.4 is 38.4 Å². The number of hydrogen-bond donors (Lipinski definition) is 12. The number of aliphatic hydroxyl groups excluding tert-OH is 4. The van der Waals surface area contributed by atoms with Crippen molar-refractivity contribution in [1.29, 1.82) is 0 Å². The van der Waals surface area contributed by atoms with Gasteiger partial charge in [-0.15, -0.1) is 0 Å². The monoisotopic (exact) mass is 2200 g/mol. The first-order chi connectivity index (χ1) is 68.9. The maximum absolute atomic E-state index is 12.8. The fourth-order valence-corrected chi connectivity index (χ4v) is 24.7. The number of ether oxygens (including phenoxy) is 8. The van der Waals surface area contributed by atoms with Crippen molar-refractivity contribution in [2.45, 2.75) is 294 Å². The van der Waals surface area contributed by atoms with Crippen LogP contribution in [0.2, 0.25) is 0 Å². The van der Waals surface area contributed by atoms with Crippen molar-refractivity contribution in [3.8, 4) is 23.0 Å². The zero-order valence-corrected chi connectivity index (χ0v) is 91.6. The lowest BCUT2D eigenvalue weighted by Gasteiger charge is -2.35. The van der Waals surface area contributed by atoms with E-state index in [0.717, 1.165) is 0 Å². The summed E-state index contributed by atoms with van der Waals surface area (Å²) in [5, 5.41) is 99.4. The first-order valence-corrected chi connectivity index (χ1v) is 58.3. The summed E-state index contributed by atoms with van der Waals surface area (Å²) in [5.74, 6) is -1.45. The molecule has 0 spiro atoms. The van der Waals surface area contributed by atoms with Gasteiger partial charge in [0, 0.05) is 30.8 Å². The van der Waals surface area contributed by atoms with E-state index < -0.39 is 165 Å².